The molecule has 2 aromatic rings. The summed E-state index contributed by atoms with van der Waals surface area (Å²) < 4.78 is 21.0. The van der Waals surface area contributed by atoms with Crippen molar-refractivity contribution in [1.29, 1.82) is 0 Å². The Balaban J connectivity index is 0.000000171. The molecule has 0 spiro atoms. The van der Waals surface area contributed by atoms with E-state index in [1.165, 1.54) is 0 Å². The van der Waals surface area contributed by atoms with E-state index in [0.29, 0.717) is 26.4 Å². The van der Waals surface area contributed by atoms with Gasteiger partial charge in [0.25, 0.3) is 0 Å². The summed E-state index contributed by atoms with van der Waals surface area (Å²) in [5.74, 6) is 3.17. The van der Waals surface area contributed by atoms with Crippen LogP contribution >= 0.6 is 0 Å². The predicted molar refractivity (Wildman–Crippen MR) is 114 cm³/mol. The summed E-state index contributed by atoms with van der Waals surface area (Å²) in [6.45, 7) is 4.75. The van der Waals surface area contributed by atoms with Crippen LogP contribution in [-0.4, -0.2) is 36.0 Å². The van der Waals surface area contributed by atoms with E-state index in [1.54, 1.807) is 0 Å². The van der Waals surface area contributed by atoms with Gasteiger partial charge in [-0.25, -0.2) is 0 Å². The highest BCUT2D eigenvalue weighted by Crippen LogP contribution is 2.33. The number of ether oxygens (including phenoxy) is 4. The van der Waals surface area contributed by atoms with E-state index in [1.807, 2.05) is 36.4 Å². The van der Waals surface area contributed by atoms with Crippen LogP contribution in [0.25, 0.3) is 0 Å². The molecular formula is C24H32O6. The Morgan fingerprint density at radius 2 is 1.07 bits per heavy atom. The SMILES string of the molecule is CCCC(O)Cc1ccc2c(c1)OCO2.CCCC(O)Cc1ccc2c(c1)OCO2. The minimum atomic E-state index is -0.254. The van der Waals surface area contributed by atoms with Crippen molar-refractivity contribution in [3.05, 3.63) is 47.5 Å². The zero-order valence-electron chi connectivity index (χ0n) is 17.8. The zero-order chi connectivity index (χ0) is 21.3. The highest BCUT2D eigenvalue weighted by Gasteiger charge is 2.15. The van der Waals surface area contributed by atoms with E-state index in [0.717, 1.165) is 59.8 Å². The van der Waals surface area contributed by atoms with Crippen LogP contribution in [0, 0.1) is 0 Å². The number of aliphatic hydroxyl groups is 2. The van der Waals surface area contributed by atoms with Crippen molar-refractivity contribution in [3.8, 4) is 23.0 Å². The highest BCUT2D eigenvalue weighted by molar-refractivity contribution is 5.45. The van der Waals surface area contributed by atoms with Crippen molar-refractivity contribution in [2.24, 2.45) is 0 Å². The molecule has 0 aliphatic carbocycles. The minimum absolute atomic E-state index is 0.254. The third kappa shape index (κ3) is 6.28. The van der Waals surface area contributed by atoms with Crippen LogP contribution in [0.15, 0.2) is 36.4 Å². The fourth-order valence-corrected chi connectivity index (χ4v) is 3.55. The van der Waals surface area contributed by atoms with Gasteiger partial charge in [-0.3, -0.25) is 0 Å². The second-order valence-electron chi connectivity index (χ2n) is 7.67. The topological polar surface area (TPSA) is 77.4 Å². The minimum Gasteiger partial charge on any atom is -0.454 e. The smallest absolute Gasteiger partial charge is 0.231 e. The zero-order valence-corrected chi connectivity index (χ0v) is 17.8. The first-order valence-corrected chi connectivity index (χ1v) is 10.7. The Morgan fingerprint density at radius 3 is 1.47 bits per heavy atom. The summed E-state index contributed by atoms with van der Waals surface area (Å²) in [4.78, 5) is 0. The van der Waals surface area contributed by atoms with E-state index in [2.05, 4.69) is 13.8 Å². The average Bonchev–Trinajstić information content (AvgIpc) is 3.37. The molecule has 4 rings (SSSR count). The summed E-state index contributed by atoms with van der Waals surface area (Å²) in [6.07, 6.45) is 4.56. The Kier molecular flexibility index (Phi) is 8.22. The second-order valence-corrected chi connectivity index (χ2v) is 7.67. The van der Waals surface area contributed by atoms with Crippen molar-refractivity contribution in [3.63, 3.8) is 0 Å². The molecular weight excluding hydrogens is 384 g/mol. The monoisotopic (exact) mass is 416 g/mol. The second kappa shape index (κ2) is 11.1. The third-order valence-electron chi connectivity index (χ3n) is 5.06. The molecule has 2 heterocycles. The molecule has 0 aromatic heterocycles. The maximum Gasteiger partial charge on any atom is 0.231 e. The van der Waals surface area contributed by atoms with Crippen LogP contribution in [0.3, 0.4) is 0 Å². The molecule has 0 saturated carbocycles. The van der Waals surface area contributed by atoms with Crippen molar-refractivity contribution in [1.82, 2.24) is 0 Å². The standard InChI is InChI=1S/2C12H16O3/c2*1-2-3-10(13)6-9-4-5-11-12(7-9)15-8-14-11/h2*4-5,7,10,13H,2-3,6,8H2,1H3. The molecule has 0 radical (unpaired) electrons. The lowest BCUT2D eigenvalue weighted by atomic mass is 10.0. The molecule has 2 N–H and O–H groups in total. The first kappa shape index (κ1) is 22.2. The van der Waals surface area contributed by atoms with Gasteiger partial charge in [0.15, 0.2) is 23.0 Å². The van der Waals surface area contributed by atoms with Crippen LogP contribution in [0.2, 0.25) is 0 Å². The number of rotatable bonds is 8. The average molecular weight is 417 g/mol. The lowest BCUT2D eigenvalue weighted by Crippen LogP contribution is -2.09. The van der Waals surface area contributed by atoms with Gasteiger partial charge >= 0.3 is 0 Å². The number of benzene rings is 2. The quantitative estimate of drug-likeness (QED) is 0.670. The first-order valence-electron chi connectivity index (χ1n) is 10.7. The summed E-state index contributed by atoms with van der Waals surface area (Å²) in [7, 11) is 0. The molecule has 2 atom stereocenters. The van der Waals surface area contributed by atoms with Gasteiger partial charge in [-0.15, -0.1) is 0 Å². The first-order chi connectivity index (χ1) is 14.6. The Morgan fingerprint density at radius 1 is 0.667 bits per heavy atom. The maximum atomic E-state index is 9.68. The largest absolute Gasteiger partial charge is 0.454 e. The fourth-order valence-electron chi connectivity index (χ4n) is 3.55. The van der Waals surface area contributed by atoms with E-state index in [9.17, 15) is 10.2 Å². The third-order valence-corrected chi connectivity index (χ3v) is 5.06. The van der Waals surface area contributed by atoms with Crippen LogP contribution in [0.1, 0.15) is 50.7 Å². The molecule has 30 heavy (non-hydrogen) atoms. The molecule has 0 saturated heterocycles. The molecule has 6 nitrogen and oxygen atoms in total. The van der Waals surface area contributed by atoms with E-state index in [-0.39, 0.29) is 12.2 Å². The molecule has 2 aliphatic rings. The summed E-state index contributed by atoms with van der Waals surface area (Å²) in [5, 5.41) is 19.4. The van der Waals surface area contributed by atoms with Crippen molar-refractivity contribution in [2.45, 2.75) is 64.6 Å². The lowest BCUT2D eigenvalue weighted by molar-refractivity contribution is 0.163. The number of fused-ring (bicyclic) bond motifs is 2. The number of hydrogen-bond acceptors (Lipinski definition) is 6. The van der Waals surface area contributed by atoms with Crippen molar-refractivity contribution >= 4 is 0 Å². The van der Waals surface area contributed by atoms with Gasteiger partial charge in [0, 0.05) is 0 Å². The molecule has 2 aliphatic heterocycles. The van der Waals surface area contributed by atoms with Crippen LogP contribution in [-0.2, 0) is 12.8 Å². The lowest BCUT2D eigenvalue weighted by Gasteiger charge is -2.09. The summed E-state index contributed by atoms with van der Waals surface area (Å²) in [5.41, 5.74) is 2.19. The molecule has 6 heteroatoms. The number of hydrogen-bond donors (Lipinski definition) is 2. The normalized spacial score (nSPS) is 15.3. The fraction of sp³-hybridized carbons (Fsp3) is 0.500. The Bertz CT molecular complexity index is 739. The number of aliphatic hydroxyl groups excluding tert-OH is 2. The molecule has 2 aromatic carbocycles. The molecule has 0 amide bonds. The van der Waals surface area contributed by atoms with Gasteiger partial charge in [-0.2, -0.15) is 0 Å². The van der Waals surface area contributed by atoms with Crippen LogP contribution in [0.4, 0.5) is 0 Å². The van der Waals surface area contributed by atoms with Gasteiger partial charge in [0.05, 0.1) is 12.2 Å². The van der Waals surface area contributed by atoms with Gasteiger partial charge in [-0.1, -0.05) is 38.8 Å². The molecule has 0 fully saturated rings. The highest BCUT2D eigenvalue weighted by atomic mass is 16.7. The summed E-state index contributed by atoms with van der Waals surface area (Å²) in [6, 6.07) is 11.6. The Hall–Kier alpha value is -2.44. The van der Waals surface area contributed by atoms with Gasteiger partial charge < -0.3 is 29.2 Å². The molecule has 0 bridgehead atoms. The van der Waals surface area contributed by atoms with Gasteiger partial charge in [0.1, 0.15) is 0 Å². The molecule has 164 valence electrons. The van der Waals surface area contributed by atoms with E-state index < -0.39 is 0 Å². The van der Waals surface area contributed by atoms with Crippen LogP contribution in [0.5, 0.6) is 23.0 Å². The summed E-state index contributed by atoms with van der Waals surface area (Å²) >= 11 is 0. The van der Waals surface area contributed by atoms with Gasteiger partial charge in [-0.05, 0) is 61.1 Å². The Labute approximate surface area is 178 Å². The van der Waals surface area contributed by atoms with E-state index >= 15 is 0 Å². The van der Waals surface area contributed by atoms with E-state index in [4.69, 9.17) is 18.9 Å². The van der Waals surface area contributed by atoms with Crippen molar-refractivity contribution < 1.29 is 29.2 Å². The predicted octanol–water partition coefficient (Wildman–Crippen LogP) is 4.24. The maximum absolute atomic E-state index is 9.68. The van der Waals surface area contributed by atoms with Gasteiger partial charge in [0.2, 0.25) is 13.6 Å². The van der Waals surface area contributed by atoms with Crippen LogP contribution < -0.4 is 18.9 Å². The molecule has 2 unspecified atom stereocenters. The van der Waals surface area contributed by atoms with Crippen molar-refractivity contribution in [2.75, 3.05) is 13.6 Å².